The third-order valence-corrected chi connectivity index (χ3v) is 3.38. The first-order valence-electron chi connectivity index (χ1n) is 5.61. The predicted octanol–water partition coefficient (Wildman–Crippen LogP) is 1.74. The van der Waals surface area contributed by atoms with Gasteiger partial charge in [0.15, 0.2) is 0 Å². The van der Waals surface area contributed by atoms with Gasteiger partial charge in [0.05, 0.1) is 0 Å². The minimum atomic E-state index is 0.00653. The molecule has 0 bridgehead atoms. The summed E-state index contributed by atoms with van der Waals surface area (Å²) in [6, 6.07) is 0. The maximum atomic E-state index is 12.1. The van der Waals surface area contributed by atoms with Crippen LogP contribution < -0.4 is 0 Å². The SMILES string of the molecule is CC1=CC(C)C(C(=O)N2CCCC2=O)C1. The maximum absolute atomic E-state index is 12.1. The van der Waals surface area contributed by atoms with Crippen molar-refractivity contribution in [2.45, 2.75) is 33.1 Å². The number of nitrogens with zero attached hydrogens (tertiary/aromatic N) is 1. The summed E-state index contributed by atoms with van der Waals surface area (Å²) in [5, 5.41) is 0. The van der Waals surface area contributed by atoms with E-state index in [2.05, 4.69) is 19.9 Å². The van der Waals surface area contributed by atoms with E-state index in [1.165, 1.54) is 10.5 Å². The number of imide groups is 1. The Hall–Kier alpha value is -1.12. The van der Waals surface area contributed by atoms with Crippen LogP contribution in [-0.2, 0) is 9.59 Å². The van der Waals surface area contributed by atoms with Gasteiger partial charge in [-0.05, 0) is 25.7 Å². The van der Waals surface area contributed by atoms with Crippen LogP contribution in [0.1, 0.15) is 33.1 Å². The van der Waals surface area contributed by atoms with Gasteiger partial charge >= 0.3 is 0 Å². The molecule has 1 heterocycles. The molecule has 1 saturated heterocycles. The summed E-state index contributed by atoms with van der Waals surface area (Å²) in [6.07, 6.45) is 4.34. The van der Waals surface area contributed by atoms with Crippen molar-refractivity contribution in [1.29, 1.82) is 0 Å². The minimum absolute atomic E-state index is 0.00653. The van der Waals surface area contributed by atoms with Crippen LogP contribution in [0.3, 0.4) is 0 Å². The summed E-state index contributed by atoms with van der Waals surface area (Å²) in [5.41, 5.74) is 1.27. The molecule has 1 aliphatic carbocycles. The van der Waals surface area contributed by atoms with Crippen LogP contribution in [0, 0.1) is 11.8 Å². The molecule has 2 atom stereocenters. The van der Waals surface area contributed by atoms with Crippen molar-refractivity contribution in [1.82, 2.24) is 4.90 Å². The molecule has 0 aromatic heterocycles. The fraction of sp³-hybridized carbons (Fsp3) is 0.667. The van der Waals surface area contributed by atoms with E-state index in [4.69, 9.17) is 0 Å². The highest BCUT2D eigenvalue weighted by atomic mass is 16.2. The zero-order valence-corrected chi connectivity index (χ0v) is 9.32. The summed E-state index contributed by atoms with van der Waals surface area (Å²) in [4.78, 5) is 25.0. The van der Waals surface area contributed by atoms with Gasteiger partial charge in [-0.2, -0.15) is 0 Å². The molecule has 0 radical (unpaired) electrons. The lowest BCUT2D eigenvalue weighted by Crippen LogP contribution is -2.38. The first-order valence-corrected chi connectivity index (χ1v) is 5.61. The molecule has 0 spiro atoms. The van der Waals surface area contributed by atoms with E-state index in [-0.39, 0.29) is 23.7 Å². The highest BCUT2D eigenvalue weighted by molar-refractivity contribution is 5.98. The van der Waals surface area contributed by atoms with Gasteiger partial charge in [0.25, 0.3) is 0 Å². The van der Waals surface area contributed by atoms with E-state index in [1.54, 1.807) is 0 Å². The lowest BCUT2D eigenvalue weighted by molar-refractivity contribution is -0.145. The smallest absolute Gasteiger partial charge is 0.233 e. The number of carbonyl (C=O) groups excluding carboxylic acids is 2. The first-order chi connectivity index (χ1) is 7.09. The standard InChI is InChI=1S/C12H17NO2/c1-8-6-9(2)10(7-8)12(15)13-5-3-4-11(13)14/h6,9-10H,3-5,7H2,1-2H3. The number of hydrogen-bond donors (Lipinski definition) is 0. The molecule has 2 aliphatic rings. The molecule has 2 rings (SSSR count). The van der Waals surface area contributed by atoms with Crippen LogP contribution in [0.5, 0.6) is 0 Å². The molecule has 3 nitrogen and oxygen atoms in total. The molecule has 2 unspecified atom stereocenters. The van der Waals surface area contributed by atoms with E-state index in [0.29, 0.717) is 13.0 Å². The van der Waals surface area contributed by atoms with Crippen molar-refractivity contribution in [2.75, 3.05) is 6.54 Å². The average molecular weight is 207 g/mol. The van der Waals surface area contributed by atoms with Gasteiger partial charge in [0, 0.05) is 18.9 Å². The van der Waals surface area contributed by atoms with Gasteiger partial charge in [-0.25, -0.2) is 0 Å². The lowest BCUT2D eigenvalue weighted by Gasteiger charge is -2.21. The Morgan fingerprint density at radius 2 is 2.27 bits per heavy atom. The molecular formula is C12H17NO2. The molecule has 3 heteroatoms. The quantitative estimate of drug-likeness (QED) is 0.485. The molecule has 1 aliphatic heterocycles. The third-order valence-electron chi connectivity index (χ3n) is 3.38. The topological polar surface area (TPSA) is 37.4 Å². The second kappa shape index (κ2) is 3.80. The highest BCUT2D eigenvalue weighted by Crippen LogP contribution is 2.32. The number of amides is 2. The largest absolute Gasteiger partial charge is 0.282 e. The van der Waals surface area contributed by atoms with Gasteiger partial charge < -0.3 is 0 Å². The molecule has 82 valence electrons. The molecule has 0 aromatic carbocycles. The number of carbonyl (C=O) groups is 2. The van der Waals surface area contributed by atoms with E-state index in [9.17, 15) is 9.59 Å². The normalized spacial score (nSPS) is 30.9. The van der Waals surface area contributed by atoms with E-state index in [0.717, 1.165) is 12.8 Å². The van der Waals surface area contributed by atoms with Crippen molar-refractivity contribution in [3.63, 3.8) is 0 Å². The first kappa shape index (κ1) is 10.4. The fourth-order valence-electron chi connectivity index (χ4n) is 2.56. The van der Waals surface area contributed by atoms with E-state index in [1.807, 2.05) is 0 Å². The van der Waals surface area contributed by atoms with Crippen LogP contribution in [-0.4, -0.2) is 23.3 Å². The minimum Gasteiger partial charge on any atom is -0.282 e. The van der Waals surface area contributed by atoms with E-state index >= 15 is 0 Å². The number of likely N-dealkylation sites (tertiary alicyclic amines) is 1. The fourth-order valence-corrected chi connectivity index (χ4v) is 2.56. The number of hydrogen-bond acceptors (Lipinski definition) is 2. The Bertz CT molecular complexity index is 333. The molecule has 0 saturated carbocycles. The third kappa shape index (κ3) is 1.83. The summed E-state index contributed by atoms with van der Waals surface area (Å²) in [6.45, 7) is 4.73. The van der Waals surface area contributed by atoms with Gasteiger partial charge in [-0.1, -0.05) is 18.6 Å². The van der Waals surface area contributed by atoms with E-state index < -0.39 is 0 Å². The lowest BCUT2D eigenvalue weighted by atomic mass is 9.95. The Kier molecular flexibility index (Phi) is 2.63. The van der Waals surface area contributed by atoms with Gasteiger partial charge in [-0.3, -0.25) is 14.5 Å². The number of rotatable bonds is 1. The monoisotopic (exact) mass is 207 g/mol. The molecule has 1 fully saturated rings. The van der Waals surface area contributed by atoms with Gasteiger partial charge in [0.1, 0.15) is 0 Å². The van der Waals surface area contributed by atoms with Crippen LogP contribution >= 0.6 is 0 Å². The van der Waals surface area contributed by atoms with Crippen molar-refractivity contribution in [3.05, 3.63) is 11.6 Å². The zero-order valence-electron chi connectivity index (χ0n) is 9.32. The number of allylic oxidation sites excluding steroid dienone is 2. The van der Waals surface area contributed by atoms with Crippen LogP contribution in [0.15, 0.2) is 11.6 Å². The average Bonchev–Trinajstić information content (AvgIpc) is 2.71. The second-order valence-corrected chi connectivity index (χ2v) is 4.67. The summed E-state index contributed by atoms with van der Waals surface area (Å²) >= 11 is 0. The zero-order chi connectivity index (χ0) is 11.0. The Balaban J connectivity index is 2.06. The highest BCUT2D eigenvalue weighted by Gasteiger charge is 2.36. The Labute approximate surface area is 90.1 Å². The predicted molar refractivity (Wildman–Crippen MR) is 57.0 cm³/mol. The summed E-state index contributed by atoms with van der Waals surface area (Å²) in [7, 11) is 0. The second-order valence-electron chi connectivity index (χ2n) is 4.67. The Morgan fingerprint density at radius 1 is 1.53 bits per heavy atom. The van der Waals surface area contributed by atoms with Gasteiger partial charge in [-0.15, -0.1) is 0 Å². The molecule has 15 heavy (non-hydrogen) atoms. The van der Waals surface area contributed by atoms with Crippen molar-refractivity contribution in [2.24, 2.45) is 11.8 Å². The van der Waals surface area contributed by atoms with Crippen molar-refractivity contribution in [3.8, 4) is 0 Å². The van der Waals surface area contributed by atoms with Crippen molar-refractivity contribution >= 4 is 11.8 Å². The Morgan fingerprint density at radius 3 is 2.73 bits per heavy atom. The molecule has 0 aromatic rings. The van der Waals surface area contributed by atoms with Crippen LogP contribution in [0.2, 0.25) is 0 Å². The summed E-state index contributed by atoms with van der Waals surface area (Å²) in [5.74, 6) is 0.341. The molecular weight excluding hydrogens is 190 g/mol. The van der Waals surface area contributed by atoms with Gasteiger partial charge in [0.2, 0.25) is 11.8 Å². The summed E-state index contributed by atoms with van der Waals surface area (Å²) < 4.78 is 0. The molecule has 2 amide bonds. The van der Waals surface area contributed by atoms with Crippen molar-refractivity contribution < 1.29 is 9.59 Å². The maximum Gasteiger partial charge on any atom is 0.233 e. The molecule has 0 N–H and O–H groups in total. The van der Waals surface area contributed by atoms with Crippen LogP contribution in [0.25, 0.3) is 0 Å². The van der Waals surface area contributed by atoms with Crippen LogP contribution in [0.4, 0.5) is 0 Å².